The van der Waals surface area contributed by atoms with E-state index in [-0.39, 0.29) is 12.5 Å². The first-order valence-electron chi connectivity index (χ1n) is 9.71. The van der Waals surface area contributed by atoms with E-state index < -0.39 is 12.0 Å². The van der Waals surface area contributed by atoms with Gasteiger partial charge in [0.15, 0.2) is 6.61 Å². The molecule has 0 bridgehead atoms. The summed E-state index contributed by atoms with van der Waals surface area (Å²) < 4.78 is 10.8. The van der Waals surface area contributed by atoms with Gasteiger partial charge in [0, 0.05) is 17.1 Å². The number of rotatable bonds is 6. The molecule has 0 saturated heterocycles. The lowest BCUT2D eigenvalue weighted by Gasteiger charge is -2.33. The van der Waals surface area contributed by atoms with Gasteiger partial charge in [-0.25, -0.2) is 9.78 Å². The highest BCUT2D eigenvalue weighted by atomic mass is 32.1. The first-order valence-corrected chi connectivity index (χ1v) is 10.6. The smallest absolute Gasteiger partial charge is 0.328 e. The molecule has 1 amide bonds. The van der Waals surface area contributed by atoms with Crippen LogP contribution in [0.15, 0.2) is 48.0 Å². The summed E-state index contributed by atoms with van der Waals surface area (Å²) in [6.07, 6.45) is 2.45. The van der Waals surface area contributed by atoms with Crippen LogP contribution in [0.1, 0.15) is 20.3 Å². The fourth-order valence-electron chi connectivity index (χ4n) is 3.20. The summed E-state index contributed by atoms with van der Waals surface area (Å²) in [5, 5.41) is 2.75. The van der Waals surface area contributed by atoms with Crippen molar-refractivity contribution in [3.63, 3.8) is 0 Å². The number of thiazole rings is 1. The Morgan fingerprint density at radius 1 is 1.30 bits per heavy atom. The van der Waals surface area contributed by atoms with Gasteiger partial charge in [-0.05, 0) is 43.7 Å². The van der Waals surface area contributed by atoms with Crippen molar-refractivity contribution in [2.75, 3.05) is 18.1 Å². The molecule has 8 heteroatoms. The van der Waals surface area contributed by atoms with Crippen molar-refractivity contribution in [2.24, 2.45) is 0 Å². The number of pyridine rings is 1. The molecule has 1 atom stereocenters. The summed E-state index contributed by atoms with van der Waals surface area (Å²) in [4.78, 5) is 35.5. The molecule has 1 aliphatic rings. The summed E-state index contributed by atoms with van der Waals surface area (Å²) in [6.45, 7) is 3.80. The molecule has 1 unspecified atom stereocenters. The second-order valence-corrected chi connectivity index (χ2v) is 7.69. The molecule has 0 N–H and O–H groups in total. The summed E-state index contributed by atoms with van der Waals surface area (Å²) >= 11 is 1.50. The lowest BCUT2D eigenvalue weighted by molar-refractivity contribution is -0.146. The van der Waals surface area contributed by atoms with Crippen LogP contribution in [0.4, 0.5) is 5.69 Å². The van der Waals surface area contributed by atoms with E-state index in [2.05, 4.69) is 9.97 Å². The van der Waals surface area contributed by atoms with E-state index in [1.54, 1.807) is 19.2 Å². The zero-order chi connectivity index (χ0) is 21.1. The Morgan fingerprint density at radius 3 is 2.93 bits per heavy atom. The Morgan fingerprint density at radius 2 is 2.17 bits per heavy atom. The molecule has 0 spiro atoms. The van der Waals surface area contributed by atoms with Gasteiger partial charge in [0.25, 0.3) is 5.91 Å². The van der Waals surface area contributed by atoms with E-state index in [1.165, 1.54) is 16.2 Å². The van der Waals surface area contributed by atoms with Gasteiger partial charge in [-0.15, -0.1) is 11.3 Å². The van der Waals surface area contributed by atoms with Gasteiger partial charge in [-0.3, -0.25) is 14.7 Å². The second-order valence-electron chi connectivity index (χ2n) is 6.83. The van der Waals surface area contributed by atoms with Gasteiger partial charge in [0.1, 0.15) is 16.8 Å². The maximum atomic E-state index is 12.6. The van der Waals surface area contributed by atoms with Gasteiger partial charge in [-0.1, -0.05) is 13.0 Å². The lowest BCUT2D eigenvalue weighted by atomic mass is 10.1. The van der Waals surface area contributed by atoms with Crippen LogP contribution in [0.2, 0.25) is 0 Å². The van der Waals surface area contributed by atoms with Gasteiger partial charge in [-0.2, -0.15) is 0 Å². The third-order valence-electron chi connectivity index (χ3n) is 4.70. The molecule has 0 saturated carbocycles. The Balaban J connectivity index is 1.66. The molecule has 3 aromatic rings. The van der Waals surface area contributed by atoms with Crippen LogP contribution in [-0.4, -0.2) is 41.1 Å². The Kier molecular flexibility index (Phi) is 5.76. The second kappa shape index (κ2) is 8.62. The number of fused-ring (bicyclic) bond motifs is 1. The van der Waals surface area contributed by atoms with Crippen molar-refractivity contribution in [1.29, 1.82) is 0 Å². The minimum atomic E-state index is -0.749. The minimum absolute atomic E-state index is 0.113. The fourth-order valence-corrected chi connectivity index (χ4v) is 4.00. The van der Waals surface area contributed by atoms with Crippen LogP contribution in [0.5, 0.6) is 5.75 Å². The predicted molar refractivity (Wildman–Crippen MR) is 114 cm³/mol. The Labute approximate surface area is 178 Å². The van der Waals surface area contributed by atoms with Crippen LogP contribution < -0.4 is 9.64 Å². The highest BCUT2D eigenvalue weighted by molar-refractivity contribution is 7.13. The molecule has 1 aliphatic heterocycles. The number of benzene rings is 1. The summed E-state index contributed by atoms with van der Waals surface area (Å²) in [5.41, 5.74) is 2.93. The fraction of sp³-hybridized carbons (Fsp3) is 0.273. The molecule has 0 aliphatic carbocycles. The topological polar surface area (TPSA) is 81.6 Å². The van der Waals surface area contributed by atoms with E-state index in [0.29, 0.717) is 18.0 Å². The quantitative estimate of drug-likeness (QED) is 0.559. The van der Waals surface area contributed by atoms with E-state index in [4.69, 9.17) is 9.47 Å². The molecule has 2 aromatic heterocycles. The van der Waals surface area contributed by atoms with Crippen LogP contribution in [0.3, 0.4) is 0 Å². The van der Waals surface area contributed by atoms with Crippen LogP contribution >= 0.6 is 11.3 Å². The average Bonchev–Trinajstić information content (AvgIpc) is 3.27. The van der Waals surface area contributed by atoms with Gasteiger partial charge >= 0.3 is 5.97 Å². The van der Waals surface area contributed by atoms with Crippen molar-refractivity contribution >= 4 is 28.9 Å². The molecule has 0 radical (unpaired) electrons. The van der Waals surface area contributed by atoms with Crippen molar-refractivity contribution in [1.82, 2.24) is 9.97 Å². The van der Waals surface area contributed by atoms with Gasteiger partial charge in [0.05, 0.1) is 23.7 Å². The number of aromatic nitrogens is 2. The zero-order valence-electron chi connectivity index (χ0n) is 16.7. The molecule has 4 rings (SSSR count). The van der Waals surface area contributed by atoms with Crippen molar-refractivity contribution in [3.8, 4) is 27.7 Å². The van der Waals surface area contributed by atoms with E-state index in [0.717, 1.165) is 28.4 Å². The highest BCUT2D eigenvalue weighted by Gasteiger charge is 2.34. The van der Waals surface area contributed by atoms with E-state index in [9.17, 15) is 9.59 Å². The summed E-state index contributed by atoms with van der Waals surface area (Å²) in [7, 11) is 0. The average molecular weight is 423 g/mol. The number of carbonyl (C=O) groups is 2. The summed E-state index contributed by atoms with van der Waals surface area (Å²) in [5.74, 6) is -0.170. The van der Waals surface area contributed by atoms with Crippen LogP contribution in [-0.2, 0) is 14.3 Å². The number of carbonyl (C=O) groups excluding carboxylic acids is 2. The van der Waals surface area contributed by atoms with E-state index in [1.807, 2.05) is 42.6 Å². The number of nitrogens with zero attached hydrogens (tertiary/aromatic N) is 3. The third-order valence-corrected chi connectivity index (χ3v) is 5.56. The largest absolute Gasteiger partial charge is 0.482 e. The number of hydrogen-bond donors (Lipinski definition) is 0. The number of amides is 1. The molecule has 7 nitrogen and oxygen atoms in total. The molecule has 0 fully saturated rings. The van der Waals surface area contributed by atoms with E-state index >= 15 is 0 Å². The maximum Gasteiger partial charge on any atom is 0.328 e. The van der Waals surface area contributed by atoms with Gasteiger partial charge < -0.3 is 9.47 Å². The van der Waals surface area contributed by atoms with Gasteiger partial charge in [0.2, 0.25) is 0 Å². The highest BCUT2D eigenvalue weighted by Crippen LogP contribution is 2.38. The third kappa shape index (κ3) is 3.91. The minimum Gasteiger partial charge on any atom is -0.482 e. The number of anilines is 1. The summed E-state index contributed by atoms with van der Waals surface area (Å²) in [6, 6.07) is 10.5. The molecule has 30 heavy (non-hydrogen) atoms. The van der Waals surface area contributed by atoms with Crippen LogP contribution in [0.25, 0.3) is 22.0 Å². The van der Waals surface area contributed by atoms with Crippen molar-refractivity contribution in [3.05, 3.63) is 48.0 Å². The Hall–Kier alpha value is -3.26. The molecule has 3 heterocycles. The Bertz CT molecular complexity index is 1070. The monoisotopic (exact) mass is 423 g/mol. The molecular formula is C22H21N3O4S. The predicted octanol–water partition coefficient (Wildman–Crippen LogP) is 3.94. The first-order chi connectivity index (χ1) is 14.6. The number of hydrogen-bond acceptors (Lipinski definition) is 7. The first kappa shape index (κ1) is 20.0. The van der Waals surface area contributed by atoms with Crippen molar-refractivity contribution < 1.29 is 19.1 Å². The molecular weight excluding hydrogens is 402 g/mol. The zero-order valence-corrected chi connectivity index (χ0v) is 17.5. The maximum absolute atomic E-state index is 12.6. The molecule has 1 aromatic carbocycles. The molecule has 154 valence electrons. The lowest BCUT2D eigenvalue weighted by Crippen LogP contribution is -2.48. The van der Waals surface area contributed by atoms with Crippen LogP contribution in [0, 0.1) is 0 Å². The number of ether oxygens (including phenoxy) is 2. The SMILES string of the molecule is CCCOC(=O)C(C)N1C(=O)COc2ccc(-c3csc(-c4ccccn4)n3)cc21. The normalized spacial score (nSPS) is 14.1. The van der Waals surface area contributed by atoms with Crippen molar-refractivity contribution in [2.45, 2.75) is 26.3 Å². The number of esters is 1. The standard InChI is InChI=1S/C22H21N3O4S/c1-3-10-28-22(27)14(2)25-18-11-15(7-8-19(18)29-12-20(25)26)17-13-30-21(24-17)16-6-4-5-9-23-16/h4-9,11,13-14H,3,10,12H2,1-2H3.